The fourth-order valence-electron chi connectivity index (χ4n) is 2.56. The average Bonchev–Trinajstić information content (AvgIpc) is 2.65. The maximum atomic E-state index is 9.95. The molecule has 0 amide bonds. The topological polar surface area (TPSA) is 118 Å². The predicted octanol–water partition coefficient (Wildman–Crippen LogP) is 3.71. The molecule has 0 aliphatic carbocycles. The van der Waals surface area contributed by atoms with Crippen molar-refractivity contribution in [3.8, 4) is 0 Å². The molecule has 8 heteroatoms. The zero-order valence-electron chi connectivity index (χ0n) is 17.4. The molecule has 4 unspecified atom stereocenters. The molecule has 0 aromatic heterocycles. The summed E-state index contributed by atoms with van der Waals surface area (Å²) in [4.78, 5) is 53.6. The second-order valence-electron chi connectivity index (χ2n) is 7.04. The highest BCUT2D eigenvalue weighted by Gasteiger charge is 2.07. The number of hydrogen-bond donors (Lipinski definition) is 0. The quantitative estimate of drug-likeness (QED) is 0.254. The van der Waals surface area contributed by atoms with Gasteiger partial charge in [0.2, 0.25) is 24.3 Å². The maximum absolute atomic E-state index is 9.95. The molecule has 0 radical (unpaired) electrons. The van der Waals surface area contributed by atoms with E-state index in [0.717, 1.165) is 38.5 Å². The lowest BCUT2D eigenvalue weighted by atomic mass is 9.98. The second-order valence-corrected chi connectivity index (χ2v) is 7.04. The summed E-state index contributed by atoms with van der Waals surface area (Å²) in [6.45, 7) is 9.06. The van der Waals surface area contributed by atoms with E-state index < -0.39 is 0 Å². The van der Waals surface area contributed by atoms with E-state index in [1.54, 1.807) is 12.2 Å². The summed E-state index contributed by atoms with van der Waals surface area (Å²) in [5.74, 6) is 0.986. The van der Waals surface area contributed by atoms with Crippen molar-refractivity contribution in [3.63, 3.8) is 0 Å². The lowest BCUT2D eigenvalue weighted by molar-refractivity contribution is 0.441. The van der Waals surface area contributed by atoms with Crippen molar-refractivity contribution in [2.75, 3.05) is 13.1 Å². The van der Waals surface area contributed by atoms with E-state index in [1.807, 2.05) is 13.8 Å². The zero-order chi connectivity index (χ0) is 21.6. The molecule has 0 aliphatic heterocycles. The van der Waals surface area contributed by atoms with E-state index in [1.165, 1.54) is 12.2 Å². The highest BCUT2D eigenvalue weighted by molar-refractivity contribution is 5.33. The lowest BCUT2D eigenvalue weighted by Crippen LogP contribution is -2.06. The monoisotopic (exact) mass is 392 g/mol. The Hall–Kier alpha value is -2.48. The fourth-order valence-corrected chi connectivity index (χ4v) is 2.56. The summed E-state index contributed by atoms with van der Waals surface area (Å²) in [5, 5.41) is 0. The van der Waals surface area contributed by atoms with Gasteiger partial charge in [0.25, 0.3) is 0 Å². The molecule has 156 valence electrons. The Balaban J connectivity index is 0. The van der Waals surface area contributed by atoms with Crippen LogP contribution in [0.25, 0.3) is 0 Å². The van der Waals surface area contributed by atoms with E-state index >= 15 is 0 Å². The van der Waals surface area contributed by atoms with Crippen LogP contribution in [0.1, 0.15) is 66.2 Å². The molecule has 8 nitrogen and oxygen atoms in total. The van der Waals surface area contributed by atoms with Crippen molar-refractivity contribution >= 4 is 24.3 Å². The molecule has 0 fully saturated rings. The van der Waals surface area contributed by atoms with Crippen molar-refractivity contribution in [2.24, 2.45) is 31.8 Å². The normalized spacial score (nSPS) is 13.6. The van der Waals surface area contributed by atoms with Crippen LogP contribution in [0.3, 0.4) is 0 Å². The average molecular weight is 393 g/mol. The first kappa shape index (κ1) is 27.7. The van der Waals surface area contributed by atoms with E-state index in [0.29, 0.717) is 24.9 Å². The summed E-state index contributed by atoms with van der Waals surface area (Å²) < 4.78 is 0. The minimum absolute atomic E-state index is 0.0390. The van der Waals surface area contributed by atoms with Crippen LogP contribution in [-0.4, -0.2) is 49.5 Å². The predicted molar refractivity (Wildman–Crippen MR) is 107 cm³/mol. The maximum Gasteiger partial charge on any atom is 0.235 e. The molecule has 0 aromatic rings. The number of carbonyl (C=O) groups excluding carboxylic acids is 4. The molecule has 0 rings (SSSR count). The number of rotatable bonds is 14. The van der Waals surface area contributed by atoms with Crippen molar-refractivity contribution in [1.82, 2.24) is 0 Å². The molecular weight excluding hydrogens is 360 g/mol. The molecule has 0 heterocycles. The Labute approximate surface area is 167 Å². The van der Waals surface area contributed by atoms with Gasteiger partial charge in [0.1, 0.15) is 0 Å². The van der Waals surface area contributed by atoms with Crippen molar-refractivity contribution in [3.05, 3.63) is 0 Å². The summed E-state index contributed by atoms with van der Waals surface area (Å²) >= 11 is 0. The second kappa shape index (κ2) is 20.8. The van der Waals surface area contributed by atoms with Gasteiger partial charge in [-0.25, -0.2) is 39.1 Å². The molecular formula is C20H32N4O4. The van der Waals surface area contributed by atoms with Crippen LogP contribution < -0.4 is 0 Å². The van der Waals surface area contributed by atoms with Crippen molar-refractivity contribution < 1.29 is 19.2 Å². The highest BCUT2D eigenvalue weighted by Crippen LogP contribution is 2.14. The summed E-state index contributed by atoms with van der Waals surface area (Å²) in [6, 6.07) is 0.0848. The van der Waals surface area contributed by atoms with Gasteiger partial charge in [-0.1, -0.05) is 13.8 Å². The Kier molecular flexibility index (Phi) is 20.6. The van der Waals surface area contributed by atoms with E-state index in [4.69, 9.17) is 0 Å². The van der Waals surface area contributed by atoms with Gasteiger partial charge in [-0.3, -0.25) is 0 Å². The van der Waals surface area contributed by atoms with Gasteiger partial charge in [-0.2, -0.15) is 0 Å². The number of nitrogens with zero attached hydrogens (tertiary/aromatic N) is 4. The number of isocyanates is 4. The van der Waals surface area contributed by atoms with Crippen molar-refractivity contribution in [2.45, 2.75) is 78.3 Å². The van der Waals surface area contributed by atoms with Crippen molar-refractivity contribution in [1.29, 1.82) is 0 Å². The van der Waals surface area contributed by atoms with Crippen LogP contribution >= 0.6 is 0 Å². The van der Waals surface area contributed by atoms with Crippen LogP contribution in [0, 0.1) is 11.8 Å². The standard InChI is InChI=1S/2C10H16N2O2/c1-9(5-6-11-7-13)3-4-10(2)12-8-14;1-9(4-3-5-11-7-13)6-10(2)12-8-14/h2*9-10H,3-6H2,1-2H3. The third kappa shape index (κ3) is 21.6. The Morgan fingerprint density at radius 3 is 1.75 bits per heavy atom. The third-order valence-corrected chi connectivity index (χ3v) is 4.20. The molecule has 0 aromatic carbocycles. The largest absolute Gasteiger partial charge is 0.235 e. The van der Waals surface area contributed by atoms with Crippen LogP contribution in [0.5, 0.6) is 0 Å². The summed E-state index contributed by atoms with van der Waals surface area (Å²) in [5.41, 5.74) is 0. The van der Waals surface area contributed by atoms with Gasteiger partial charge < -0.3 is 0 Å². The first-order chi connectivity index (χ1) is 13.4. The Morgan fingerprint density at radius 1 is 0.607 bits per heavy atom. The molecule has 4 atom stereocenters. The van der Waals surface area contributed by atoms with E-state index in [-0.39, 0.29) is 12.1 Å². The zero-order valence-corrected chi connectivity index (χ0v) is 17.4. The molecule has 0 aliphatic rings. The third-order valence-electron chi connectivity index (χ3n) is 4.20. The molecule has 0 bridgehead atoms. The van der Waals surface area contributed by atoms with Crippen LogP contribution in [0.2, 0.25) is 0 Å². The highest BCUT2D eigenvalue weighted by atomic mass is 16.1. The number of hydrogen-bond acceptors (Lipinski definition) is 8. The van der Waals surface area contributed by atoms with Gasteiger partial charge in [0.05, 0.1) is 25.2 Å². The minimum atomic E-state index is 0.0390. The fraction of sp³-hybridized carbons (Fsp3) is 0.800. The summed E-state index contributed by atoms with van der Waals surface area (Å²) in [7, 11) is 0. The molecule has 0 spiro atoms. The van der Waals surface area contributed by atoms with E-state index in [2.05, 4.69) is 33.8 Å². The molecule has 0 saturated carbocycles. The van der Waals surface area contributed by atoms with Crippen LogP contribution in [0.4, 0.5) is 0 Å². The van der Waals surface area contributed by atoms with Gasteiger partial charge in [0.15, 0.2) is 0 Å². The molecule has 28 heavy (non-hydrogen) atoms. The Bertz CT molecular complexity index is 585. The van der Waals surface area contributed by atoms with Crippen LogP contribution in [0.15, 0.2) is 20.0 Å². The van der Waals surface area contributed by atoms with Crippen LogP contribution in [-0.2, 0) is 19.2 Å². The molecule has 0 saturated heterocycles. The molecule has 0 N–H and O–H groups in total. The smallest absolute Gasteiger partial charge is 0.211 e. The van der Waals surface area contributed by atoms with E-state index in [9.17, 15) is 19.2 Å². The summed E-state index contributed by atoms with van der Waals surface area (Å²) in [6.07, 6.45) is 11.6. The first-order valence-corrected chi connectivity index (χ1v) is 9.62. The SMILES string of the molecule is CC(CCCN=C=O)CC(C)N=C=O.CC(CCN=C=O)CCC(C)N=C=O. The number of aliphatic imine (C=N–C) groups is 4. The minimum Gasteiger partial charge on any atom is -0.211 e. The Morgan fingerprint density at radius 2 is 1.18 bits per heavy atom. The first-order valence-electron chi connectivity index (χ1n) is 9.62. The van der Waals surface area contributed by atoms with Gasteiger partial charge >= 0.3 is 0 Å². The van der Waals surface area contributed by atoms with Gasteiger partial charge in [0, 0.05) is 0 Å². The van der Waals surface area contributed by atoms with Gasteiger partial charge in [-0.15, -0.1) is 0 Å². The van der Waals surface area contributed by atoms with Gasteiger partial charge in [-0.05, 0) is 64.2 Å². The lowest BCUT2D eigenvalue weighted by Gasteiger charge is -2.11.